The topological polar surface area (TPSA) is 12.0 Å². The van der Waals surface area contributed by atoms with Gasteiger partial charge in [0.1, 0.15) is 0 Å². The van der Waals surface area contributed by atoms with Gasteiger partial charge in [-0.15, -0.1) is 0 Å². The summed E-state index contributed by atoms with van der Waals surface area (Å²) in [4.78, 5) is 0. The second-order valence-electron chi connectivity index (χ2n) is 5.01. The highest BCUT2D eigenvalue weighted by molar-refractivity contribution is 5.28. The van der Waals surface area contributed by atoms with E-state index in [1.807, 2.05) is 0 Å². The minimum Gasteiger partial charge on any atom is -0.306 e. The van der Waals surface area contributed by atoms with Crippen molar-refractivity contribution in [3.05, 3.63) is 70.8 Å². The smallest absolute Gasteiger partial charge is 0.0294 e. The second-order valence-corrected chi connectivity index (χ2v) is 5.01. The van der Waals surface area contributed by atoms with Crippen molar-refractivity contribution < 1.29 is 0 Å². The molecule has 0 aromatic heterocycles. The average Bonchev–Trinajstić information content (AvgIpc) is 2.36. The van der Waals surface area contributed by atoms with Crippen LogP contribution < -0.4 is 5.32 Å². The van der Waals surface area contributed by atoms with Gasteiger partial charge in [-0.2, -0.15) is 0 Å². The number of nitrogens with one attached hydrogen (secondary N) is 1. The van der Waals surface area contributed by atoms with E-state index in [1.54, 1.807) is 0 Å². The predicted octanol–water partition coefficient (Wildman–Crippen LogP) is 4.15. The molecule has 1 N–H and O–H groups in total. The van der Waals surface area contributed by atoms with Crippen LogP contribution in [-0.4, -0.2) is 0 Å². The van der Waals surface area contributed by atoms with E-state index in [0.717, 1.165) is 6.54 Å². The van der Waals surface area contributed by atoms with Crippen molar-refractivity contribution in [3.8, 4) is 0 Å². The largest absolute Gasteiger partial charge is 0.306 e. The lowest BCUT2D eigenvalue weighted by Gasteiger charge is -2.15. The maximum absolute atomic E-state index is 3.57. The Kier molecular flexibility index (Phi) is 4.16. The maximum Gasteiger partial charge on any atom is 0.0294 e. The fourth-order valence-electron chi connectivity index (χ4n) is 2.30. The zero-order valence-corrected chi connectivity index (χ0v) is 11.4. The lowest BCUT2D eigenvalue weighted by Crippen LogP contribution is -2.18. The van der Waals surface area contributed by atoms with E-state index >= 15 is 0 Å². The third-order valence-electron chi connectivity index (χ3n) is 3.19. The maximum atomic E-state index is 3.57. The summed E-state index contributed by atoms with van der Waals surface area (Å²) in [5.41, 5.74) is 5.36. The van der Waals surface area contributed by atoms with Gasteiger partial charge in [0.05, 0.1) is 0 Å². The molecule has 18 heavy (non-hydrogen) atoms. The molecule has 0 aliphatic rings. The van der Waals surface area contributed by atoms with Crippen LogP contribution >= 0.6 is 0 Å². The molecule has 1 atom stereocenters. The SMILES string of the molecule is Cc1cc(C)cc(CN[C@H](C)c2ccccc2)c1. The Hall–Kier alpha value is -1.60. The molecule has 0 saturated heterocycles. The van der Waals surface area contributed by atoms with Crippen molar-refractivity contribution in [2.45, 2.75) is 33.4 Å². The van der Waals surface area contributed by atoms with Crippen molar-refractivity contribution >= 4 is 0 Å². The van der Waals surface area contributed by atoms with Gasteiger partial charge >= 0.3 is 0 Å². The first-order valence-electron chi connectivity index (χ1n) is 6.50. The molecule has 0 aliphatic carbocycles. The lowest BCUT2D eigenvalue weighted by molar-refractivity contribution is 0.574. The quantitative estimate of drug-likeness (QED) is 0.845. The van der Waals surface area contributed by atoms with Crippen molar-refractivity contribution in [1.29, 1.82) is 0 Å². The highest BCUT2D eigenvalue weighted by Gasteiger charge is 2.04. The number of benzene rings is 2. The third-order valence-corrected chi connectivity index (χ3v) is 3.19. The predicted molar refractivity (Wildman–Crippen MR) is 77.6 cm³/mol. The Balaban J connectivity index is 1.99. The highest BCUT2D eigenvalue weighted by Crippen LogP contribution is 2.13. The summed E-state index contributed by atoms with van der Waals surface area (Å²) in [7, 11) is 0. The highest BCUT2D eigenvalue weighted by atomic mass is 14.9. The molecule has 0 radical (unpaired) electrons. The van der Waals surface area contributed by atoms with Crippen LogP contribution in [0.4, 0.5) is 0 Å². The van der Waals surface area contributed by atoms with Gasteiger partial charge in [-0.3, -0.25) is 0 Å². The van der Waals surface area contributed by atoms with Crippen LogP contribution in [0, 0.1) is 13.8 Å². The molecule has 2 aromatic rings. The van der Waals surface area contributed by atoms with E-state index in [9.17, 15) is 0 Å². The lowest BCUT2D eigenvalue weighted by atomic mass is 10.1. The molecule has 1 heteroatoms. The molecule has 0 unspecified atom stereocenters. The van der Waals surface area contributed by atoms with Crippen LogP contribution in [-0.2, 0) is 6.54 Å². The summed E-state index contributed by atoms with van der Waals surface area (Å²) >= 11 is 0. The molecule has 0 fully saturated rings. The average molecular weight is 239 g/mol. The van der Waals surface area contributed by atoms with Gasteiger partial charge in [-0.05, 0) is 31.9 Å². The second kappa shape index (κ2) is 5.83. The van der Waals surface area contributed by atoms with E-state index in [-0.39, 0.29) is 0 Å². The third kappa shape index (κ3) is 3.44. The first-order chi connectivity index (χ1) is 8.65. The van der Waals surface area contributed by atoms with Crippen LogP contribution in [0.3, 0.4) is 0 Å². The molecule has 0 saturated carbocycles. The number of aryl methyl sites for hydroxylation is 2. The monoisotopic (exact) mass is 239 g/mol. The molecule has 0 bridgehead atoms. The van der Waals surface area contributed by atoms with Gasteiger partial charge in [0.15, 0.2) is 0 Å². The summed E-state index contributed by atoms with van der Waals surface area (Å²) in [6.45, 7) is 7.42. The molecule has 0 heterocycles. The first-order valence-corrected chi connectivity index (χ1v) is 6.50. The van der Waals surface area contributed by atoms with E-state index in [4.69, 9.17) is 0 Å². The molecular weight excluding hydrogens is 218 g/mol. The van der Waals surface area contributed by atoms with E-state index in [2.05, 4.69) is 74.6 Å². The van der Waals surface area contributed by atoms with Crippen molar-refractivity contribution in [1.82, 2.24) is 5.32 Å². The molecule has 94 valence electrons. The van der Waals surface area contributed by atoms with Crippen LogP contribution in [0.15, 0.2) is 48.5 Å². The van der Waals surface area contributed by atoms with Crippen LogP contribution in [0.5, 0.6) is 0 Å². The van der Waals surface area contributed by atoms with E-state index < -0.39 is 0 Å². The van der Waals surface area contributed by atoms with Crippen LogP contribution in [0.2, 0.25) is 0 Å². The van der Waals surface area contributed by atoms with Crippen molar-refractivity contribution in [2.75, 3.05) is 0 Å². The standard InChI is InChI=1S/C17H21N/c1-13-9-14(2)11-16(10-13)12-18-15(3)17-7-5-4-6-8-17/h4-11,15,18H,12H2,1-3H3/t15-/m1/s1. The zero-order chi connectivity index (χ0) is 13.0. The number of hydrogen-bond donors (Lipinski definition) is 1. The van der Waals surface area contributed by atoms with Gasteiger partial charge in [-0.25, -0.2) is 0 Å². The minimum absolute atomic E-state index is 0.381. The Morgan fingerprint density at radius 3 is 2.17 bits per heavy atom. The molecule has 2 aromatic carbocycles. The first kappa shape index (κ1) is 12.8. The van der Waals surface area contributed by atoms with Crippen molar-refractivity contribution in [2.24, 2.45) is 0 Å². The minimum atomic E-state index is 0.381. The van der Waals surface area contributed by atoms with Gasteiger partial charge in [0.25, 0.3) is 0 Å². The summed E-state index contributed by atoms with van der Waals surface area (Å²) in [6.07, 6.45) is 0. The Morgan fingerprint density at radius 1 is 0.944 bits per heavy atom. The molecule has 1 nitrogen and oxygen atoms in total. The fourth-order valence-corrected chi connectivity index (χ4v) is 2.30. The molecule has 0 aliphatic heterocycles. The van der Waals surface area contributed by atoms with Gasteiger partial charge in [0, 0.05) is 12.6 Å². The number of hydrogen-bond acceptors (Lipinski definition) is 1. The normalized spacial score (nSPS) is 12.4. The van der Waals surface area contributed by atoms with Crippen LogP contribution in [0.1, 0.15) is 35.2 Å². The summed E-state index contributed by atoms with van der Waals surface area (Å²) < 4.78 is 0. The molecule has 0 spiro atoms. The zero-order valence-electron chi connectivity index (χ0n) is 11.4. The summed E-state index contributed by atoms with van der Waals surface area (Å²) in [6, 6.07) is 17.7. The Bertz CT molecular complexity index is 482. The number of rotatable bonds is 4. The van der Waals surface area contributed by atoms with Crippen molar-refractivity contribution in [3.63, 3.8) is 0 Å². The van der Waals surface area contributed by atoms with Crippen LogP contribution in [0.25, 0.3) is 0 Å². The van der Waals surface area contributed by atoms with Gasteiger partial charge in [-0.1, -0.05) is 59.7 Å². The van der Waals surface area contributed by atoms with Gasteiger partial charge in [0.2, 0.25) is 0 Å². The fraction of sp³-hybridized carbons (Fsp3) is 0.294. The van der Waals surface area contributed by atoms with E-state index in [0.29, 0.717) is 6.04 Å². The van der Waals surface area contributed by atoms with Gasteiger partial charge < -0.3 is 5.32 Å². The molecule has 2 rings (SSSR count). The summed E-state index contributed by atoms with van der Waals surface area (Å²) in [5, 5.41) is 3.57. The Morgan fingerprint density at radius 2 is 1.56 bits per heavy atom. The molecular formula is C17H21N. The van der Waals surface area contributed by atoms with E-state index in [1.165, 1.54) is 22.3 Å². The summed E-state index contributed by atoms with van der Waals surface area (Å²) in [5.74, 6) is 0. The Labute approximate surface area is 110 Å². The molecule has 0 amide bonds.